The Morgan fingerprint density at radius 2 is 2.04 bits per heavy atom. The number of nitrogens with one attached hydrogen (secondary N) is 1. The summed E-state index contributed by atoms with van der Waals surface area (Å²) in [5.41, 5.74) is 3.21. The summed E-state index contributed by atoms with van der Waals surface area (Å²) in [4.78, 5) is 25.1. The average molecular weight is 347 g/mol. The summed E-state index contributed by atoms with van der Waals surface area (Å²) in [6, 6.07) is 17.0. The second kappa shape index (κ2) is 7.11. The lowest BCUT2D eigenvalue weighted by Crippen LogP contribution is -2.27. The van der Waals surface area contributed by atoms with E-state index in [1.54, 1.807) is 6.07 Å². The van der Waals surface area contributed by atoms with Gasteiger partial charge in [-0.3, -0.25) is 9.59 Å². The molecule has 26 heavy (non-hydrogen) atoms. The van der Waals surface area contributed by atoms with Crippen molar-refractivity contribution in [3.8, 4) is 17.2 Å². The predicted molar refractivity (Wildman–Crippen MR) is 95.7 cm³/mol. The fourth-order valence-electron chi connectivity index (χ4n) is 2.84. The second-order valence-corrected chi connectivity index (χ2v) is 6.03. The summed E-state index contributed by atoms with van der Waals surface area (Å²) in [6.07, 6.45) is 0. The van der Waals surface area contributed by atoms with E-state index in [4.69, 9.17) is 0 Å². The van der Waals surface area contributed by atoms with Gasteiger partial charge in [0.1, 0.15) is 0 Å². The van der Waals surface area contributed by atoms with Gasteiger partial charge in [-0.2, -0.15) is 5.26 Å². The van der Waals surface area contributed by atoms with E-state index >= 15 is 0 Å². The minimum Gasteiger partial charge on any atom is -0.503 e. The van der Waals surface area contributed by atoms with E-state index < -0.39 is 17.6 Å². The van der Waals surface area contributed by atoms with Crippen LogP contribution in [0.4, 0.5) is 0 Å². The Bertz CT molecular complexity index is 957. The minimum absolute atomic E-state index is 0.0727. The van der Waals surface area contributed by atoms with Gasteiger partial charge >= 0.3 is 0 Å². The maximum Gasteiger partial charge on any atom is 0.289 e. The van der Waals surface area contributed by atoms with Crippen molar-refractivity contribution >= 4 is 11.8 Å². The first-order valence-electron chi connectivity index (χ1n) is 8.05. The third-order valence-corrected chi connectivity index (χ3v) is 4.24. The van der Waals surface area contributed by atoms with Crippen molar-refractivity contribution in [1.82, 2.24) is 10.2 Å². The van der Waals surface area contributed by atoms with E-state index in [0.29, 0.717) is 5.56 Å². The van der Waals surface area contributed by atoms with Gasteiger partial charge in [0.2, 0.25) is 0 Å². The quantitative estimate of drug-likeness (QED) is 0.886. The monoisotopic (exact) mass is 347 g/mol. The lowest BCUT2D eigenvalue weighted by Gasteiger charge is -2.10. The number of hydrogen-bond acceptors (Lipinski definition) is 4. The molecule has 0 aliphatic carbocycles. The molecule has 0 saturated heterocycles. The molecule has 0 bridgehead atoms. The van der Waals surface area contributed by atoms with E-state index in [-0.39, 0.29) is 18.7 Å². The maximum absolute atomic E-state index is 12.2. The Hall–Kier alpha value is -3.59. The lowest BCUT2D eigenvalue weighted by atomic mass is 9.99. The van der Waals surface area contributed by atoms with Gasteiger partial charge in [-0.15, -0.1) is 0 Å². The maximum atomic E-state index is 12.2. The molecular weight excluding hydrogens is 330 g/mol. The molecule has 0 saturated carbocycles. The minimum atomic E-state index is -0.551. The van der Waals surface area contributed by atoms with Crippen LogP contribution < -0.4 is 5.32 Å². The van der Waals surface area contributed by atoms with E-state index in [0.717, 1.165) is 16.7 Å². The highest BCUT2D eigenvalue weighted by Gasteiger charge is 2.31. The van der Waals surface area contributed by atoms with E-state index in [1.807, 2.05) is 42.5 Å². The predicted octanol–water partition coefficient (Wildman–Crippen LogP) is 2.13. The van der Waals surface area contributed by atoms with Crippen molar-refractivity contribution < 1.29 is 14.7 Å². The van der Waals surface area contributed by atoms with Gasteiger partial charge in [0.25, 0.3) is 11.8 Å². The van der Waals surface area contributed by atoms with Gasteiger partial charge in [-0.25, -0.2) is 0 Å². The molecular formula is C20H17N3O3. The molecule has 0 fully saturated rings. The first-order chi connectivity index (χ1) is 12.5. The van der Waals surface area contributed by atoms with Gasteiger partial charge in [-0.1, -0.05) is 36.4 Å². The summed E-state index contributed by atoms with van der Waals surface area (Å²) in [5.74, 6) is -1.52. The molecule has 0 spiro atoms. The van der Waals surface area contributed by atoms with Crippen LogP contribution in [0.2, 0.25) is 0 Å². The Balaban J connectivity index is 1.75. The molecule has 2 amide bonds. The second-order valence-electron chi connectivity index (χ2n) is 6.03. The van der Waals surface area contributed by atoms with Gasteiger partial charge in [0.05, 0.1) is 23.8 Å². The number of aliphatic hydroxyl groups is 1. The summed E-state index contributed by atoms with van der Waals surface area (Å²) < 4.78 is 0. The van der Waals surface area contributed by atoms with E-state index in [1.165, 1.54) is 11.9 Å². The van der Waals surface area contributed by atoms with E-state index in [9.17, 15) is 20.0 Å². The molecule has 6 heteroatoms. The average Bonchev–Trinajstić information content (AvgIpc) is 2.93. The zero-order valence-electron chi connectivity index (χ0n) is 14.2. The Kier molecular flexibility index (Phi) is 4.72. The fraction of sp³-hybridized carbons (Fsp3) is 0.150. The van der Waals surface area contributed by atoms with Crippen LogP contribution in [0.1, 0.15) is 11.1 Å². The van der Waals surface area contributed by atoms with Gasteiger partial charge < -0.3 is 15.3 Å². The largest absolute Gasteiger partial charge is 0.503 e. The zero-order chi connectivity index (χ0) is 18.7. The highest BCUT2D eigenvalue weighted by Crippen LogP contribution is 2.24. The molecule has 0 radical (unpaired) electrons. The summed E-state index contributed by atoms with van der Waals surface area (Å²) >= 11 is 0. The van der Waals surface area contributed by atoms with Crippen molar-refractivity contribution in [2.45, 2.75) is 6.54 Å². The SMILES string of the molecule is CN1CC(C(=O)NCc2cccc(-c3ccccc3C#N)c2)=C(O)C1=O. The molecule has 1 aliphatic rings. The third-order valence-electron chi connectivity index (χ3n) is 4.24. The first-order valence-corrected chi connectivity index (χ1v) is 8.05. The highest BCUT2D eigenvalue weighted by molar-refractivity contribution is 6.06. The van der Waals surface area contributed by atoms with Crippen LogP contribution in [0.5, 0.6) is 0 Å². The molecule has 0 atom stereocenters. The van der Waals surface area contributed by atoms with E-state index in [2.05, 4.69) is 11.4 Å². The molecule has 1 heterocycles. The molecule has 6 nitrogen and oxygen atoms in total. The molecule has 2 aromatic rings. The van der Waals surface area contributed by atoms with Crippen molar-refractivity contribution in [2.75, 3.05) is 13.6 Å². The van der Waals surface area contributed by atoms with Crippen molar-refractivity contribution in [1.29, 1.82) is 5.26 Å². The Labute approximate surface area is 151 Å². The van der Waals surface area contributed by atoms with Crippen LogP contribution in [0.15, 0.2) is 59.9 Å². The van der Waals surface area contributed by atoms with Gasteiger partial charge in [0, 0.05) is 13.6 Å². The Morgan fingerprint density at radius 3 is 2.73 bits per heavy atom. The van der Waals surface area contributed by atoms with Crippen molar-refractivity contribution in [2.24, 2.45) is 0 Å². The van der Waals surface area contributed by atoms with Gasteiger partial charge in [0.15, 0.2) is 5.76 Å². The third kappa shape index (κ3) is 3.28. The molecule has 1 aliphatic heterocycles. The number of nitriles is 1. The van der Waals surface area contributed by atoms with Gasteiger partial charge in [-0.05, 0) is 28.8 Å². The highest BCUT2D eigenvalue weighted by atomic mass is 16.3. The number of carbonyl (C=O) groups excluding carboxylic acids is 2. The van der Waals surface area contributed by atoms with Crippen LogP contribution in [0.25, 0.3) is 11.1 Å². The van der Waals surface area contributed by atoms with Crippen molar-refractivity contribution in [3.63, 3.8) is 0 Å². The molecule has 3 rings (SSSR count). The molecule has 0 unspecified atom stereocenters. The van der Waals surface area contributed by atoms with Crippen LogP contribution in [-0.4, -0.2) is 35.4 Å². The standard InChI is InChI=1S/C20H17N3O3/c1-23-12-17(18(24)20(23)26)19(25)22-11-13-5-4-7-14(9-13)16-8-3-2-6-15(16)10-21/h2-9,24H,11-12H2,1H3,(H,22,25). The summed E-state index contributed by atoms with van der Waals surface area (Å²) in [6.45, 7) is 0.335. The number of carbonyl (C=O) groups is 2. The number of likely N-dealkylation sites (N-methyl/N-ethyl adjacent to an activating group) is 1. The summed E-state index contributed by atoms with van der Waals surface area (Å²) in [5, 5.41) is 21.7. The zero-order valence-corrected chi connectivity index (χ0v) is 14.2. The number of rotatable bonds is 4. The van der Waals surface area contributed by atoms with Crippen LogP contribution in [0, 0.1) is 11.3 Å². The molecule has 130 valence electrons. The smallest absolute Gasteiger partial charge is 0.289 e. The van der Waals surface area contributed by atoms with Crippen molar-refractivity contribution in [3.05, 3.63) is 71.0 Å². The number of nitrogens with zero attached hydrogens (tertiary/aromatic N) is 2. The number of aliphatic hydroxyl groups excluding tert-OH is 1. The molecule has 2 N–H and O–H groups in total. The summed E-state index contributed by atoms with van der Waals surface area (Å²) in [7, 11) is 1.52. The Morgan fingerprint density at radius 1 is 1.27 bits per heavy atom. The number of hydrogen-bond donors (Lipinski definition) is 2. The number of amides is 2. The first kappa shape index (κ1) is 17.2. The molecule has 2 aromatic carbocycles. The fourth-order valence-corrected chi connectivity index (χ4v) is 2.84. The normalized spacial score (nSPS) is 13.7. The molecule has 0 aromatic heterocycles. The topological polar surface area (TPSA) is 93.4 Å². The van der Waals surface area contributed by atoms with Crippen LogP contribution in [-0.2, 0) is 16.1 Å². The van der Waals surface area contributed by atoms with Crippen LogP contribution in [0.3, 0.4) is 0 Å². The lowest BCUT2D eigenvalue weighted by molar-refractivity contribution is -0.126. The van der Waals surface area contributed by atoms with Crippen LogP contribution >= 0.6 is 0 Å². The number of benzene rings is 2.